The third-order valence-corrected chi connectivity index (χ3v) is 5.08. The summed E-state index contributed by atoms with van der Waals surface area (Å²) in [6.45, 7) is 2.27. The highest BCUT2D eigenvalue weighted by Gasteiger charge is 2.67. The minimum absolute atomic E-state index is 0.605. The Bertz CT molecular complexity index is 361. The van der Waals surface area contributed by atoms with E-state index in [1.165, 1.54) is 25.7 Å². The predicted octanol–water partition coefficient (Wildman–Crippen LogP) is 3.86. The van der Waals surface area contributed by atoms with Gasteiger partial charge in [0.2, 0.25) is 0 Å². The molecular formula is C13H15I. The van der Waals surface area contributed by atoms with Gasteiger partial charge in [0.1, 0.15) is 0 Å². The van der Waals surface area contributed by atoms with E-state index in [2.05, 4.69) is 53.8 Å². The Labute approximate surface area is 99.2 Å². The van der Waals surface area contributed by atoms with E-state index in [1.807, 2.05) is 0 Å². The summed E-state index contributed by atoms with van der Waals surface area (Å²) in [5.74, 6) is 0. The summed E-state index contributed by atoms with van der Waals surface area (Å²) in [5, 5.41) is 0. The zero-order valence-corrected chi connectivity index (χ0v) is 10.7. The van der Waals surface area contributed by atoms with Crippen molar-refractivity contribution in [2.45, 2.75) is 41.4 Å². The van der Waals surface area contributed by atoms with Crippen LogP contribution >= 0.6 is 22.6 Å². The monoisotopic (exact) mass is 298 g/mol. The number of hydrogen-bond donors (Lipinski definition) is 0. The predicted molar refractivity (Wildman–Crippen MR) is 68.1 cm³/mol. The van der Waals surface area contributed by atoms with Crippen molar-refractivity contribution in [3.05, 3.63) is 35.4 Å². The highest BCUT2D eigenvalue weighted by atomic mass is 127. The fourth-order valence-electron chi connectivity index (χ4n) is 3.30. The van der Waals surface area contributed by atoms with Crippen LogP contribution in [0.2, 0.25) is 0 Å². The maximum atomic E-state index is 2.65. The molecule has 0 amide bonds. The van der Waals surface area contributed by atoms with Gasteiger partial charge in [0.05, 0.1) is 0 Å². The van der Waals surface area contributed by atoms with Gasteiger partial charge < -0.3 is 0 Å². The quantitative estimate of drug-likeness (QED) is 0.574. The molecule has 2 bridgehead atoms. The zero-order valence-electron chi connectivity index (χ0n) is 8.52. The van der Waals surface area contributed by atoms with Crippen molar-refractivity contribution in [1.29, 1.82) is 0 Å². The molecule has 14 heavy (non-hydrogen) atoms. The lowest BCUT2D eigenvalue weighted by Crippen LogP contribution is -2.66. The highest BCUT2D eigenvalue weighted by molar-refractivity contribution is 14.1. The van der Waals surface area contributed by atoms with Gasteiger partial charge >= 0.3 is 0 Å². The molecule has 0 heterocycles. The lowest BCUT2D eigenvalue weighted by atomic mass is 9.41. The number of aryl methyl sites for hydroxylation is 1. The average Bonchev–Trinajstić information content (AvgIpc) is 2.11. The molecule has 3 saturated carbocycles. The van der Waals surface area contributed by atoms with E-state index in [1.54, 1.807) is 11.1 Å². The molecule has 3 aliphatic rings. The number of alkyl halides is 1. The molecule has 0 saturated heterocycles. The van der Waals surface area contributed by atoms with Crippen molar-refractivity contribution in [2.24, 2.45) is 0 Å². The molecule has 74 valence electrons. The van der Waals surface area contributed by atoms with Gasteiger partial charge in [-0.25, -0.2) is 0 Å². The molecular weight excluding hydrogens is 283 g/mol. The summed E-state index contributed by atoms with van der Waals surface area (Å²) in [5.41, 5.74) is 3.83. The van der Waals surface area contributed by atoms with Crippen LogP contribution in [0.3, 0.4) is 0 Å². The van der Waals surface area contributed by atoms with Crippen LogP contribution in [0.5, 0.6) is 0 Å². The van der Waals surface area contributed by atoms with Gasteiger partial charge in [0, 0.05) is 3.42 Å². The molecule has 1 aromatic carbocycles. The number of benzene rings is 1. The first kappa shape index (κ1) is 9.20. The van der Waals surface area contributed by atoms with Crippen LogP contribution < -0.4 is 0 Å². The second kappa shape index (κ2) is 2.75. The molecule has 0 nitrogen and oxygen atoms in total. The number of hydrogen-bond acceptors (Lipinski definition) is 0. The summed E-state index contributed by atoms with van der Waals surface area (Å²) in [7, 11) is 0. The minimum Gasteiger partial charge on any atom is -0.0788 e. The van der Waals surface area contributed by atoms with E-state index >= 15 is 0 Å². The Morgan fingerprint density at radius 3 is 2.43 bits per heavy atom. The Hall–Kier alpha value is -0.0500. The summed E-state index contributed by atoms with van der Waals surface area (Å²) in [6.07, 6.45) is 5.47. The Kier molecular flexibility index (Phi) is 1.80. The first-order chi connectivity index (χ1) is 6.68. The summed E-state index contributed by atoms with van der Waals surface area (Å²) in [6, 6.07) is 9.03. The SMILES string of the molecule is CCc1ccccc1C12CC(I)(C1)C2. The van der Waals surface area contributed by atoms with E-state index in [-0.39, 0.29) is 0 Å². The molecule has 3 fully saturated rings. The minimum atomic E-state index is 0.605. The topological polar surface area (TPSA) is 0 Å². The van der Waals surface area contributed by atoms with E-state index in [9.17, 15) is 0 Å². The molecule has 0 atom stereocenters. The summed E-state index contributed by atoms with van der Waals surface area (Å²) >= 11 is 2.65. The molecule has 0 radical (unpaired) electrons. The van der Waals surface area contributed by atoms with Crippen LogP contribution in [-0.2, 0) is 11.8 Å². The summed E-state index contributed by atoms with van der Waals surface area (Å²) in [4.78, 5) is 0. The van der Waals surface area contributed by atoms with Crippen molar-refractivity contribution < 1.29 is 0 Å². The van der Waals surface area contributed by atoms with Gasteiger partial charge in [0.15, 0.2) is 0 Å². The first-order valence-electron chi connectivity index (χ1n) is 5.45. The van der Waals surface area contributed by atoms with Crippen molar-refractivity contribution >= 4 is 22.6 Å². The number of halogens is 1. The van der Waals surface area contributed by atoms with Crippen molar-refractivity contribution in [1.82, 2.24) is 0 Å². The Balaban J connectivity index is 1.98. The van der Waals surface area contributed by atoms with Crippen molar-refractivity contribution in [3.63, 3.8) is 0 Å². The van der Waals surface area contributed by atoms with Crippen LogP contribution in [0, 0.1) is 0 Å². The smallest absolute Gasteiger partial charge is 0.0247 e. The van der Waals surface area contributed by atoms with Crippen LogP contribution in [0.4, 0.5) is 0 Å². The van der Waals surface area contributed by atoms with Gasteiger partial charge in [-0.3, -0.25) is 0 Å². The lowest BCUT2D eigenvalue weighted by Gasteiger charge is -2.69. The van der Waals surface area contributed by atoms with Gasteiger partial charge in [-0.1, -0.05) is 53.8 Å². The molecule has 0 aromatic heterocycles. The molecule has 0 aliphatic heterocycles. The second-order valence-electron chi connectivity index (χ2n) is 4.97. The van der Waals surface area contributed by atoms with E-state index in [4.69, 9.17) is 0 Å². The highest BCUT2D eigenvalue weighted by Crippen LogP contribution is 2.72. The molecule has 1 heteroatoms. The normalized spacial score (nSPS) is 38.7. The van der Waals surface area contributed by atoms with Crippen LogP contribution in [0.25, 0.3) is 0 Å². The zero-order chi connectivity index (χ0) is 9.81. The molecule has 1 aromatic rings. The van der Waals surface area contributed by atoms with E-state index in [0.717, 1.165) is 0 Å². The second-order valence-corrected chi connectivity index (χ2v) is 7.26. The third-order valence-electron chi connectivity index (χ3n) is 3.94. The number of rotatable bonds is 2. The third kappa shape index (κ3) is 1.05. The molecule has 0 spiro atoms. The van der Waals surface area contributed by atoms with Crippen molar-refractivity contribution in [3.8, 4) is 0 Å². The van der Waals surface area contributed by atoms with Crippen LogP contribution in [0.1, 0.15) is 37.3 Å². The standard InChI is InChI=1S/C13H15I/c1-2-10-5-3-4-6-11(10)12-7-13(14,8-12)9-12/h3-6H,2,7-9H2,1H3. The van der Waals surface area contributed by atoms with Crippen LogP contribution in [0.15, 0.2) is 24.3 Å². The molecule has 0 unspecified atom stereocenters. The maximum Gasteiger partial charge on any atom is 0.0247 e. The van der Waals surface area contributed by atoms with Crippen molar-refractivity contribution in [2.75, 3.05) is 0 Å². The summed E-state index contributed by atoms with van der Waals surface area (Å²) < 4.78 is 0.693. The molecule has 0 N–H and O–H groups in total. The fourth-order valence-corrected chi connectivity index (χ4v) is 5.49. The molecule has 4 rings (SSSR count). The first-order valence-corrected chi connectivity index (χ1v) is 6.53. The maximum absolute atomic E-state index is 2.65. The van der Waals surface area contributed by atoms with E-state index < -0.39 is 0 Å². The molecule has 3 aliphatic carbocycles. The van der Waals surface area contributed by atoms with E-state index in [0.29, 0.717) is 8.84 Å². The van der Waals surface area contributed by atoms with Gasteiger partial charge in [-0.05, 0) is 42.2 Å². The Morgan fingerprint density at radius 2 is 1.86 bits per heavy atom. The average molecular weight is 298 g/mol. The van der Waals surface area contributed by atoms with Crippen LogP contribution in [-0.4, -0.2) is 3.42 Å². The van der Waals surface area contributed by atoms with Gasteiger partial charge in [-0.2, -0.15) is 0 Å². The van der Waals surface area contributed by atoms with Gasteiger partial charge in [0.25, 0.3) is 0 Å². The van der Waals surface area contributed by atoms with Gasteiger partial charge in [-0.15, -0.1) is 0 Å². The fraction of sp³-hybridized carbons (Fsp3) is 0.538. The largest absolute Gasteiger partial charge is 0.0788 e. The lowest BCUT2D eigenvalue weighted by molar-refractivity contribution is 0.0213. The Morgan fingerprint density at radius 1 is 1.21 bits per heavy atom.